The number of hydrogen-bond donors (Lipinski definition) is 0. The molecule has 0 aliphatic carbocycles. The van der Waals surface area contributed by atoms with Crippen molar-refractivity contribution in [1.29, 1.82) is 0 Å². The normalized spacial score (nSPS) is 33.3. The third-order valence-corrected chi connectivity index (χ3v) is 2.86. The summed E-state index contributed by atoms with van der Waals surface area (Å²) in [6.45, 7) is 5.68. The molecule has 2 atom stereocenters. The van der Waals surface area contributed by atoms with Crippen LogP contribution in [-0.4, -0.2) is 17.0 Å². The summed E-state index contributed by atoms with van der Waals surface area (Å²) < 4.78 is 0. The summed E-state index contributed by atoms with van der Waals surface area (Å²) in [6.07, 6.45) is 0. The first-order chi connectivity index (χ1) is 5.79. The van der Waals surface area contributed by atoms with Crippen LogP contribution in [0.5, 0.6) is 0 Å². The highest BCUT2D eigenvalue weighted by Crippen LogP contribution is 2.28. The Balaban J connectivity index is 1.97. The Morgan fingerprint density at radius 2 is 1.67 bits per heavy atom. The van der Waals surface area contributed by atoms with Gasteiger partial charge in [0.1, 0.15) is 0 Å². The average Bonchev–Trinajstić information content (AvgIpc) is 2.65. The predicted molar refractivity (Wildman–Crippen MR) is 50.9 cm³/mol. The minimum atomic E-state index is 0.783. The SMILES string of the molecule is CC1C(C)N1Cc1ccccc1. The number of nitrogens with zero attached hydrogens (tertiary/aromatic N) is 1. The summed E-state index contributed by atoms with van der Waals surface area (Å²) in [4.78, 5) is 2.50. The number of rotatable bonds is 2. The summed E-state index contributed by atoms with van der Waals surface area (Å²) in [6, 6.07) is 12.2. The Labute approximate surface area is 74.0 Å². The van der Waals surface area contributed by atoms with E-state index in [2.05, 4.69) is 49.1 Å². The number of hydrogen-bond acceptors (Lipinski definition) is 1. The molecule has 1 nitrogen and oxygen atoms in total. The van der Waals surface area contributed by atoms with Gasteiger partial charge in [0.05, 0.1) is 0 Å². The molecule has 2 rings (SSSR count). The van der Waals surface area contributed by atoms with Crippen molar-refractivity contribution in [2.45, 2.75) is 32.5 Å². The molecule has 0 saturated carbocycles. The van der Waals surface area contributed by atoms with E-state index < -0.39 is 0 Å². The Hall–Kier alpha value is -0.820. The van der Waals surface area contributed by atoms with Crippen molar-refractivity contribution in [3.63, 3.8) is 0 Å². The molecule has 0 amide bonds. The first-order valence-corrected chi connectivity index (χ1v) is 4.58. The maximum absolute atomic E-state index is 2.50. The lowest BCUT2D eigenvalue weighted by molar-refractivity contribution is 0.488. The molecule has 0 N–H and O–H groups in total. The van der Waals surface area contributed by atoms with E-state index in [0.717, 1.165) is 18.6 Å². The lowest BCUT2D eigenvalue weighted by Gasteiger charge is -2.01. The molecular weight excluding hydrogens is 146 g/mol. The van der Waals surface area contributed by atoms with Gasteiger partial charge in [-0.3, -0.25) is 4.90 Å². The van der Waals surface area contributed by atoms with Gasteiger partial charge < -0.3 is 0 Å². The van der Waals surface area contributed by atoms with Crippen LogP contribution in [0.3, 0.4) is 0 Å². The molecule has 1 heterocycles. The monoisotopic (exact) mass is 161 g/mol. The third kappa shape index (κ3) is 1.37. The summed E-state index contributed by atoms with van der Waals surface area (Å²) in [5, 5.41) is 0. The van der Waals surface area contributed by atoms with Crippen LogP contribution in [0.2, 0.25) is 0 Å². The van der Waals surface area contributed by atoms with E-state index in [-0.39, 0.29) is 0 Å². The van der Waals surface area contributed by atoms with Gasteiger partial charge in [0.25, 0.3) is 0 Å². The van der Waals surface area contributed by atoms with Gasteiger partial charge in [0, 0.05) is 18.6 Å². The standard InChI is InChI=1S/C11H15N/c1-9-10(2)12(9)8-11-6-4-3-5-7-11/h3-7,9-10H,8H2,1-2H3. The Bertz CT molecular complexity index is 247. The minimum absolute atomic E-state index is 0.783. The van der Waals surface area contributed by atoms with Crippen molar-refractivity contribution < 1.29 is 0 Å². The van der Waals surface area contributed by atoms with Crippen LogP contribution in [-0.2, 0) is 6.54 Å². The molecule has 0 radical (unpaired) electrons. The molecule has 0 spiro atoms. The highest BCUT2D eigenvalue weighted by atomic mass is 15.3. The summed E-state index contributed by atoms with van der Waals surface area (Å²) in [5.74, 6) is 0. The van der Waals surface area contributed by atoms with Crippen molar-refractivity contribution in [2.24, 2.45) is 0 Å². The zero-order chi connectivity index (χ0) is 8.55. The van der Waals surface area contributed by atoms with E-state index in [1.807, 2.05) is 0 Å². The van der Waals surface area contributed by atoms with Gasteiger partial charge >= 0.3 is 0 Å². The summed E-state index contributed by atoms with van der Waals surface area (Å²) in [7, 11) is 0. The van der Waals surface area contributed by atoms with E-state index in [0.29, 0.717) is 0 Å². The molecule has 1 aromatic rings. The maximum atomic E-state index is 2.50. The Morgan fingerprint density at radius 1 is 1.08 bits per heavy atom. The first-order valence-electron chi connectivity index (χ1n) is 4.58. The van der Waals surface area contributed by atoms with Gasteiger partial charge in [-0.05, 0) is 19.4 Å². The van der Waals surface area contributed by atoms with Gasteiger partial charge in [-0.25, -0.2) is 0 Å². The first kappa shape index (κ1) is 7.81. The van der Waals surface area contributed by atoms with Gasteiger partial charge in [-0.2, -0.15) is 0 Å². The second kappa shape index (κ2) is 2.91. The molecule has 0 bridgehead atoms. The zero-order valence-corrected chi connectivity index (χ0v) is 7.70. The molecular formula is C11H15N. The minimum Gasteiger partial charge on any atom is -0.291 e. The van der Waals surface area contributed by atoms with Crippen molar-refractivity contribution in [3.05, 3.63) is 35.9 Å². The molecule has 1 saturated heterocycles. The topological polar surface area (TPSA) is 3.01 Å². The van der Waals surface area contributed by atoms with Gasteiger partial charge in [0.2, 0.25) is 0 Å². The zero-order valence-electron chi connectivity index (χ0n) is 7.70. The van der Waals surface area contributed by atoms with Crippen LogP contribution in [0.15, 0.2) is 30.3 Å². The quantitative estimate of drug-likeness (QED) is 0.601. The van der Waals surface area contributed by atoms with Crippen molar-refractivity contribution in [2.75, 3.05) is 0 Å². The molecule has 1 aliphatic rings. The van der Waals surface area contributed by atoms with Crippen LogP contribution in [0.1, 0.15) is 19.4 Å². The molecule has 1 heteroatoms. The third-order valence-electron chi connectivity index (χ3n) is 2.86. The van der Waals surface area contributed by atoms with E-state index in [1.165, 1.54) is 5.56 Å². The van der Waals surface area contributed by atoms with E-state index in [4.69, 9.17) is 0 Å². The van der Waals surface area contributed by atoms with Crippen molar-refractivity contribution in [1.82, 2.24) is 4.90 Å². The maximum Gasteiger partial charge on any atom is 0.0240 e. The smallest absolute Gasteiger partial charge is 0.0240 e. The summed E-state index contributed by atoms with van der Waals surface area (Å²) >= 11 is 0. The predicted octanol–water partition coefficient (Wildman–Crippen LogP) is 2.28. The largest absolute Gasteiger partial charge is 0.291 e. The van der Waals surface area contributed by atoms with E-state index in [1.54, 1.807) is 0 Å². The van der Waals surface area contributed by atoms with E-state index in [9.17, 15) is 0 Å². The fourth-order valence-corrected chi connectivity index (χ4v) is 1.66. The van der Waals surface area contributed by atoms with Gasteiger partial charge in [-0.1, -0.05) is 30.3 Å². The molecule has 2 unspecified atom stereocenters. The summed E-state index contributed by atoms with van der Waals surface area (Å²) in [5.41, 5.74) is 1.42. The molecule has 1 fully saturated rings. The van der Waals surface area contributed by atoms with Crippen LogP contribution in [0.4, 0.5) is 0 Å². The van der Waals surface area contributed by atoms with Crippen LogP contribution >= 0.6 is 0 Å². The molecule has 1 aliphatic heterocycles. The lowest BCUT2D eigenvalue weighted by Crippen LogP contribution is -2.00. The molecule has 0 aromatic heterocycles. The molecule has 64 valence electrons. The second-order valence-corrected chi connectivity index (χ2v) is 3.64. The van der Waals surface area contributed by atoms with Crippen LogP contribution in [0, 0.1) is 0 Å². The Kier molecular flexibility index (Phi) is 1.89. The second-order valence-electron chi connectivity index (χ2n) is 3.64. The van der Waals surface area contributed by atoms with Gasteiger partial charge in [0.15, 0.2) is 0 Å². The highest BCUT2D eigenvalue weighted by Gasteiger charge is 2.38. The molecule has 12 heavy (non-hydrogen) atoms. The van der Waals surface area contributed by atoms with Crippen LogP contribution in [0.25, 0.3) is 0 Å². The average molecular weight is 161 g/mol. The van der Waals surface area contributed by atoms with E-state index >= 15 is 0 Å². The van der Waals surface area contributed by atoms with Crippen LogP contribution < -0.4 is 0 Å². The van der Waals surface area contributed by atoms with Crippen molar-refractivity contribution >= 4 is 0 Å². The lowest BCUT2D eigenvalue weighted by atomic mass is 10.2. The highest BCUT2D eigenvalue weighted by molar-refractivity contribution is 5.16. The number of benzene rings is 1. The fraction of sp³-hybridized carbons (Fsp3) is 0.455. The van der Waals surface area contributed by atoms with Crippen molar-refractivity contribution in [3.8, 4) is 0 Å². The van der Waals surface area contributed by atoms with Gasteiger partial charge in [-0.15, -0.1) is 0 Å². The fourth-order valence-electron chi connectivity index (χ4n) is 1.66. The molecule has 1 aromatic carbocycles. The Morgan fingerprint density at radius 3 is 2.17 bits per heavy atom.